The summed E-state index contributed by atoms with van der Waals surface area (Å²) < 4.78 is 54.7. The highest BCUT2D eigenvalue weighted by Gasteiger charge is 2.58. The zero-order valence-electron chi connectivity index (χ0n) is 43.2. The van der Waals surface area contributed by atoms with E-state index in [-0.39, 0.29) is 57.4 Å². The van der Waals surface area contributed by atoms with Crippen LogP contribution < -0.4 is 19.2 Å². The number of ether oxygens (including phenoxy) is 3. The molecule has 10 nitrogen and oxygen atoms in total. The quantitative estimate of drug-likeness (QED) is 0.116. The molecule has 3 saturated carbocycles. The van der Waals surface area contributed by atoms with Crippen molar-refractivity contribution in [2.75, 3.05) is 27.4 Å². The molecule has 0 radical (unpaired) electrons. The van der Waals surface area contributed by atoms with Gasteiger partial charge in [-0.3, -0.25) is 4.79 Å². The van der Waals surface area contributed by atoms with E-state index < -0.39 is 44.5 Å². The van der Waals surface area contributed by atoms with E-state index in [4.69, 9.17) is 27.4 Å². The summed E-state index contributed by atoms with van der Waals surface area (Å²) in [6, 6.07) is 9.21. The molecular weight excluding hydrogens is 857 g/mol. The van der Waals surface area contributed by atoms with Gasteiger partial charge in [-0.1, -0.05) is 101 Å². The average Bonchev–Trinajstić information content (AvgIpc) is 3.17. The summed E-state index contributed by atoms with van der Waals surface area (Å²) in [7, 11) is -5.05. The third-order valence-electron chi connectivity index (χ3n) is 14.9. The Morgan fingerprint density at radius 2 is 1.50 bits per heavy atom. The molecule has 1 N–H and O–H groups in total. The number of aryl methyl sites for hydroxylation is 1. The van der Waals surface area contributed by atoms with E-state index in [2.05, 4.69) is 101 Å². The number of amides is 1. The predicted octanol–water partition coefficient (Wildman–Crippen LogP) is 13.6. The number of carbonyl (C=O) groups is 2. The molecule has 0 saturated heterocycles. The van der Waals surface area contributed by atoms with Crippen LogP contribution in [-0.4, -0.2) is 66.1 Å². The second kappa shape index (κ2) is 20.0. The minimum absolute atomic E-state index is 0.00934. The molecule has 3 aliphatic rings. The molecule has 0 aliphatic heterocycles. The fourth-order valence-electron chi connectivity index (χ4n) is 8.41. The Balaban J connectivity index is 2.18. The van der Waals surface area contributed by atoms with Crippen molar-refractivity contribution in [2.24, 2.45) is 39.4 Å². The SMILES string of the molecule is CCNC(=O)O[C@H](c1c(OC)cc(OC)c(C(=O)CC(C)C)c1O[Si](C)(C)C(C)(C)C)[C@H]1C[C@H]2C[C@@H](/C1=C/S(=O)(=N[C@@H](CO[Si](C)(C)C(C)(C)C)C(C)C)c1ccc(C)cc1)C2(C)C. The molecule has 0 aromatic heterocycles. The summed E-state index contributed by atoms with van der Waals surface area (Å²) in [6.45, 7) is 39.3. The van der Waals surface area contributed by atoms with E-state index in [1.165, 1.54) is 0 Å². The number of benzene rings is 2. The van der Waals surface area contributed by atoms with Crippen LogP contribution in [0.5, 0.6) is 17.2 Å². The second-order valence-electron chi connectivity index (χ2n) is 22.8. The Morgan fingerprint density at radius 1 is 0.922 bits per heavy atom. The van der Waals surface area contributed by atoms with Gasteiger partial charge in [0.05, 0.1) is 47.1 Å². The maximum atomic E-state index is 16.3. The molecule has 64 heavy (non-hydrogen) atoms. The molecular formula is C51H84N2O8SSi2. The maximum Gasteiger partial charge on any atom is 0.407 e. The number of hydrogen-bond acceptors (Lipinski definition) is 9. The maximum absolute atomic E-state index is 16.3. The van der Waals surface area contributed by atoms with Crippen LogP contribution in [-0.2, 0) is 18.9 Å². The van der Waals surface area contributed by atoms with Crippen molar-refractivity contribution in [3.63, 3.8) is 0 Å². The van der Waals surface area contributed by atoms with Crippen molar-refractivity contribution in [1.29, 1.82) is 0 Å². The smallest absolute Gasteiger partial charge is 0.407 e. The number of nitrogens with one attached hydrogen (secondary N) is 1. The summed E-state index contributed by atoms with van der Waals surface area (Å²) in [5, 5.41) is 4.54. The van der Waals surface area contributed by atoms with E-state index in [0.717, 1.165) is 17.6 Å². The van der Waals surface area contributed by atoms with Crippen molar-refractivity contribution in [3.8, 4) is 17.2 Å². The van der Waals surface area contributed by atoms with Gasteiger partial charge in [0.15, 0.2) is 14.1 Å². The van der Waals surface area contributed by atoms with Crippen molar-refractivity contribution >= 4 is 38.2 Å². The molecule has 3 aliphatic carbocycles. The van der Waals surface area contributed by atoms with Crippen molar-refractivity contribution in [1.82, 2.24) is 5.32 Å². The van der Waals surface area contributed by atoms with Crippen molar-refractivity contribution in [2.45, 2.75) is 170 Å². The number of carbonyl (C=O) groups excluding carboxylic acids is 2. The molecule has 1 amide bonds. The zero-order chi connectivity index (χ0) is 48.5. The third-order valence-corrected chi connectivity index (χ3v) is 25.9. The normalized spacial score (nSPS) is 21.4. The van der Waals surface area contributed by atoms with Gasteiger partial charge in [-0.15, -0.1) is 0 Å². The Bertz CT molecular complexity index is 2140. The number of nitrogens with zero attached hydrogens (tertiary/aromatic N) is 1. The van der Waals surface area contributed by atoms with Crippen molar-refractivity contribution < 1.29 is 36.9 Å². The van der Waals surface area contributed by atoms with Crippen LogP contribution in [0.15, 0.2) is 50.6 Å². The third kappa shape index (κ3) is 11.5. The summed E-state index contributed by atoms with van der Waals surface area (Å²) >= 11 is 0. The first-order valence-corrected chi connectivity index (χ1v) is 30.9. The first kappa shape index (κ1) is 53.5. The van der Waals surface area contributed by atoms with Gasteiger partial charge < -0.3 is 28.4 Å². The minimum atomic E-state index is -3.28. The number of methoxy groups -OCH3 is 2. The van der Waals surface area contributed by atoms with Gasteiger partial charge in [-0.05, 0) is 110 Å². The highest BCUT2D eigenvalue weighted by atomic mass is 32.2. The Hall–Kier alpha value is -3.14. The van der Waals surface area contributed by atoms with E-state index in [0.29, 0.717) is 52.8 Å². The zero-order valence-corrected chi connectivity index (χ0v) is 46.0. The lowest BCUT2D eigenvalue weighted by Gasteiger charge is -2.61. The molecule has 2 aromatic rings. The van der Waals surface area contributed by atoms with E-state index >= 15 is 4.21 Å². The number of rotatable bonds is 18. The monoisotopic (exact) mass is 941 g/mol. The average molecular weight is 941 g/mol. The van der Waals surface area contributed by atoms with Gasteiger partial charge in [0.1, 0.15) is 28.9 Å². The largest absolute Gasteiger partial charge is 0.543 e. The van der Waals surface area contributed by atoms with Gasteiger partial charge in [0.25, 0.3) is 8.32 Å². The van der Waals surface area contributed by atoms with E-state index in [9.17, 15) is 9.59 Å². The summed E-state index contributed by atoms with van der Waals surface area (Å²) in [4.78, 5) is 29.2. The topological polar surface area (TPSA) is 122 Å². The van der Waals surface area contributed by atoms with Crippen LogP contribution in [0.1, 0.15) is 137 Å². The van der Waals surface area contributed by atoms with Crippen LogP contribution in [0.25, 0.3) is 0 Å². The highest BCUT2D eigenvalue weighted by Crippen LogP contribution is 2.66. The first-order valence-electron chi connectivity index (χ1n) is 23.5. The highest BCUT2D eigenvalue weighted by molar-refractivity contribution is 7.96. The molecule has 0 spiro atoms. The lowest BCUT2D eigenvalue weighted by atomic mass is 9.44. The number of fused-ring (bicyclic) bond motifs is 2. The van der Waals surface area contributed by atoms with Gasteiger partial charge >= 0.3 is 6.09 Å². The number of ketones is 1. The number of hydrogen-bond donors (Lipinski definition) is 1. The predicted molar refractivity (Wildman–Crippen MR) is 267 cm³/mol. The molecule has 3 fully saturated rings. The first-order chi connectivity index (χ1) is 29.3. The van der Waals surface area contributed by atoms with Gasteiger partial charge in [0.2, 0.25) is 0 Å². The van der Waals surface area contributed by atoms with Crippen LogP contribution >= 0.6 is 0 Å². The fourth-order valence-corrected chi connectivity index (χ4v) is 12.7. The summed E-state index contributed by atoms with van der Waals surface area (Å²) in [5.74, 6) is 0.812. The van der Waals surface area contributed by atoms with E-state index in [1.807, 2.05) is 57.4 Å². The van der Waals surface area contributed by atoms with Crippen LogP contribution in [0.2, 0.25) is 36.3 Å². The fraction of sp³-hybridized carbons (Fsp3) is 0.686. The Kier molecular flexibility index (Phi) is 16.7. The molecule has 2 bridgehead atoms. The second-order valence-corrected chi connectivity index (χ2v) is 34.4. The minimum Gasteiger partial charge on any atom is -0.543 e. The lowest BCUT2D eigenvalue weighted by molar-refractivity contribution is -0.0728. The van der Waals surface area contributed by atoms with Gasteiger partial charge in [-0.2, -0.15) is 0 Å². The van der Waals surface area contributed by atoms with Crippen LogP contribution in [0.4, 0.5) is 4.79 Å². The van der Waals surface area contributed by atoms with E-state index in [1.54, 1.807) is 20.3 Å². The lowest BCUT2D eigenvalue weighted by Crippen LogP contribution is -2.53. The molecule has 1 unspecified atom stereocenters. The molecule has 13 heteroatoms. The standard InChI is InChI=1S/C51H84N2O8SSi2/c1-21-52-48(55)60-46(45-43(58-16)29-42(57-15)44(41(54)26-32(2)3)47(45)61-64(19,20)50(10,11)12)37-27-35-28-39(51(35,13)14)38(37)31-62(56,36-24-22-34(6)23-25-36)53-40(33(4)5)30-59-63(17,18)49(7,8)9/h22-25,29,31-33,35,37,39-40,46H,21,26-28,30H2,1-20H3,(H,52,55)/b38-31+/t35-,37-,39-,40-,46-,62?/m0/s1. The number of Topliss-reactive ketones (excluding diaryl/α,β-unsaturated/α-hetero) is 1. The Labute approximate surface area is 390 Å². The summed E-state index contributed by atoms with van der Waals surface area (Å²) in [6.07, 6.45) is 0.175. The van der Waals surface area contributed by atoms with Crippen molar-refractivity contribution in [3.05, 3.63) is 58.0 Å². The van der Waals surface area contributed by atoms with Gasteiger partial charge in [0, 0.05) is 30.4 Å². The van der Waals surface area contributed by atoms with Gasteiger partial charge in [-0.25, -0.2) is 13.4 Å². The molecule has 2 aromatic carbocycles. The summed E-state index contributed by atoms with van der Waals surface area (Å²) in [5.41, 5.74) is 2.64. The molecule has 0 heterocycles. The van der Waals surface area contributed by atoms with Crippen LogP contribution in [0, 0.1) is 41.9 Å². The van der Waals surface area contributed by atoms with Crippen LogP contribution in [0.3, 0.4) is 0 Å². The molecule has 6 atom stereocenters. The Morgan fingerprint density at radius 3 is 1.98 bits per heavy atom. The molecule has 360 valence electrons. The molecule has 5 rings (SSSR count). The number of alkyl carbamates (subject to hydrolysis) is 1.